The van der Waals surface area contributed by atoms with Crippen molar-refractivity contribution in [2.24, 2.45) is 0 Å². The molecule has 20 heavy (non-hydrogen) atoms. The molecule has 0 spiro atoms. The van der Waals surface area contributed by atoms with E-state index in [-0.39, 0.29) is 11.3 Å². The van der Waals surface area contributed by atoms with Crippen LogP contribution in [-0.4, -0.2) is 16.2 Å². The van der Waals surface area contributed by atoms with Gasteiger partial charge in [-0.15, -0.1) is 0 Å². The van der Waals surface area contributed by atoms with E-state index in [1.165, 1.54) is 18.2 Å². The largest absolute Gasteiger partial charge is 0.507 e. The predicted molar refractivity (Wildman–Crippen MR) is 75.9 cm³/mol. The molecule has 2 N–H and O–H groups in total. The molecule has 4 heteroatoms. The predicted octanol–water partition coefficient (Wildman–Crippen LogP) is 3.31. The molecule has 0 saturated heterocycles. The normalized spacial score (nSPS) is 10.0. The zero-order valence-electron chi connectivity index (χ0n) is 10.7. The average Bonchev–Trinajstić information content (AvgIpc) is 2.46. The number of rotatable bonds is 5. The lowest BCUT2D eigenvalue weighted by Gasteiger charge is -2.08. The zero-order chi connectivity index (χ0) is 14.5. The van der Waals surface area contributed by atoms with E-state index in [9.17, 15) is 9.90 Å². The maximum atomic E-state index is 10.9. The minimum Gasteiger partial charge on any atom is -0.507 e. The summed E-state index contributed by atoms with van der Waals surface area (Å²) in [5, 5.41) is 18.3. The number of hydrogen-bond donors (Lipinski definition) is 2. The summed E-state index contributed by atoms with van der Waals surface area (Å²) in [7, 11) is 0. The standard InChI is InChI=1S/C16H14O4/c1-2-11-3-5-12(6-4-11)10-20-13-7-8-15(17)14(9-13)16(18)19/h2-9,17H,1,10H2,(H,18,19). The summed E-state index contributed by atoms with van der Waals surface area (Å²) in [6.45, 7) is 4.00. The number of aromatic hydroxyl groups is 1. The van der Waals surface area contributed by atoms with Gasteiger partial charge in [0.1, 0.15) is 23.7 Å². The average molecular weight is 270 g/mol. The van der Waals surface area contributed by atoms with E-state index in [1.807, 2.05) is 24.3 Å². The second-order valence-corrected chi connectivity index (χ2v) is 4.22. The summed E-state index contributed by atoms with van der Waals surface area (Å²) in [5.74, 6) is -1.07. The number of carboxylic acid groups (broad SMARTS) is 1. The number of carbonyl (C=O) groups is 1. The van der Waals surface area contributed by atoms with Gasteiger partial charge in [0.05, 0.1) is 0 Å². The molecule has 0 aromatic heterocycles. The molecule has 0 saturated carbocycles. The molecule has 2 rings (SSSR count). The minimum absolute atomic E-state index is 0.176. The summed E-state index contributed by atoms with van der Waals surface area (Å²) in [6.07, 6.45) is 1.75. The number of ether oxygens (including phenoxy) is 1. The van der Waals surface area contributed by atoms with Gasteiger partial charge in [-0.3, -0.25) is 0 Å². The summed E-state index contributed by atoms with van der Waals surface area (Å²) in [6, 6.07) is 11.8. The minimum atomic E-state index is -1.19. The first-order valence-corrected chi connectivity index (χ1v) is 6.00. The number of hydrogen-bond acceptors (Lipinski definition) is 3. The van der Waals surface area contributed by atoms with E-state index in [4.69, 9.17) is 9.84 Å². The molecule has 4 nitrogen and oxygen atoms in total. The Morgan fingerprint density at radius 1 is 1.20 bits per heavy atom. The second-order valence-electron chi connectivity index (χ2n) is 4.22. The Balaban J connectivity index is 2.08. The molecule has 0 radical (unpaired) electrons. The topological polar surface area (TPSA) is 66.8 Å². The van der Waals surface area contributed by atoms with Crippen LogP contribution in [0.15, 0.2) is 49.0 Å². The highest BCUT2D eigenvalue weighted by molar-refractivity contribution is 5.91. The Bertz CT molecular complexity index is 629. The van der Waals surface area contributed by atoms with Crippen molar-refractivity contribution >= 4 is 12.0 Å². The van der Waals surface area contributed by atoms with Crippen LogP contribution in [0, 0.1) is 0 Å². The Kier molecular flexibility index (Phi) is 4.05. The molecule has 0 bridgehead atoms. The van der Waals surface area contributed by atoms with Crippen LogP contribution in [0.2, 0.25) is 0 Å². The fraction of sp³-hybridized carbons (Fsp3) is 0.0625. The zero-order valence-corrected chi connectivity index (χ0v) is 10.7. The van der Waals surface area contributed by atoms with Crippen molar-refractivity contribution < 1.29 is 19.7 Å². The molecule has 0 unspecified atom stereocenters. The summed E-state index contributed by atoms with van der Waals surface area (Å²) in [4.78, 5) is 10.9. The van der Waals surface area contributed by atoms with Gasteiger partial charge in [-0.2, -0.15) is 0 Å². The number of aromatic carboxylic acids is 1. The van der Waals surface area contributed by atoms with E-state index in [2.05, 4.69) is 6.58 Å². The lowest BCUT2D eigenvalue weighted by Crippen LogP contribution is -2.00. The summed E-state index contributed by atoms with van der Waals surface area (Å²) < 4.78 is 5.51. The van der Waals surface area contributed by atoms with Crippen molar-refractivity contribution in [2.75, 3.05) is 0 Å². The van der Waals surface area contributed by atoms with E-state index < -0.39 is 5.97 Å². The highest BCUT2D eigenvalue weighted by Crippen LogP contribution is 2.23. The van der Waals surface area contributed by atoms with Crippen LogP contribution in [0.5, 0.6) is 11.5 Å². The lowest BCUT2D eigenvalue weighted by atomic mass is 10.1. The van der Waals surface area contributed by atoms with Crippen molar-refractivity contribution in [2.45, 2.75) is 6.61 Å². The fourth-order valence-electron chi connectivity index (χ4n) is 1.69. The third-order valence-corrected chi connectivity index (χ3v) is 2.82. The molecule has 0 heterocycles. The second kappa shape index (κ2) is 5.93. The smallest absolute Gasteiger partial charge is 0.339 e. The van der Waals surface area contributed by atoms with Gasteiger partial charge in [0.2, 0.25) is 0 Å². The van der Waals surface area contributed by atoms with Gasteiger partial charge in [0, 0.05) is 0 Å². The Labute approximate surface area is 116 Å². The van der Waals surface area contributed by atoms with Gasteiger partial charge in [-0.25, -0.2) is 4.79 Å². The Hall–Kier alpha value is -2.75. The maximum absolute atomic E-state index is 10.9. The van der Waals surface area contributed by atoms with Crippen LogP contribution in [0.25, 0.3) is 6.08 Å². The van der Waals surface area contributed by atoms with Gasteiger partial charge < -0.3 is 14.9 Å². The first kappa shape index (κ1) is 13.7. The van der Waals surface area contributed by atoms with Crippen molar-refractivity contribution in [1.29, 1.82) is 0 Å². The number of benzene rings is 2. The van der Waals surface area contributed by atoms with E-state index in [0.717, 1.165) is 11.1 Å². The third kappa shape index (κ3) is 3.17. The molecular formula is C16H14O4. The lowest BCUT2D eigenvalue weighted by molar-refractivity contribution is 0.0693. The molecule has 0 aliphatic rings. The van der Waals surface area contributed by atoms with Crippen molar-refractivity contribution in [3.05, 3.63) is 65.7 Å². The van der Waals surface area contributed by atoms with Crippen molar-refractivity contribution in [3.63, 3.8) is 0 Å². The summed E-state index contributed by atoms with van der Waals surface area (Å²) in [5.41, 5.74) is 1.80. The number of carboxylic acids is 1. The highest BCUT2D eigenvalue weighted by Gasteiger charge is 2.10. The van der Waals surface area contributed by atoms with Crippen LogP contribution >= 0.6 is 0 Å². The van der Waals surface area contributed by atoms with Gasteiger partial charge in [0.25, 0.3) is 0 Å². The van der Waals surface area contributed by atoms with E-state index in [0.29, 0.717) is 12.4 Å². The summed E-state index contributed by atoms with van der Waals surface area (Å²) >= 11 is 0. The van der Waals surface area contributed by atoms with E-state index >= 15 is 0 Å². The van der Waals surface area contributed by atoms with Crippen LogP contribution in [0.1, 0.15) is 21.5 Å². The Morgan fingerprint density at radius 2 is 1.90 bits per heavy atom. The molecule has 2 aromatic carbocycles. The van der Waals surface area contributed by atoms with Crippen LogP contribution < -0.4 is 4.74 Å². The van der Waals surface area contributed by atoms with Gasteiger partial charge in [-0.1, -0.05) is 36.9 Å². The Morgan fingerprint density at radius 3 is 2.50 bits per heavy atom. The SMILES string of the molecule is C=Cc1ccc(COc2ccc(O)c(C(=O)O)c2)cc1. The molecule has 0 fully saturated rings. The molecule has 0 atom stereocenters. The maximum Gasteiger partial charge on any atom is 0.339 e. The number of phenols is 1. The van der Waals surface area contributed by atoms with Crippen molar-refractivity contribution in [1.82, 2.24) is 0 Å². The van der Waals surface area contributed by atoms with E-state index in [1.54, 1.807) is 6.08 Å². The third-order valence-electron chi connectivity index (χ3n) is 2.82. The first-order valence-electron chi connectivity index (χ1n) is 6.00. The van der Waals surface area contributed by atoms with Gasteiger partial charge in [-0.05, 0) is 29.3 Å². The first-order chi connectivity index (χ1) is 9.60. The quantitative estimate of drug-likeness (QED) is 0.874. The van der Waals surface area contributed by atoms with Crippen molar-refractivity contribution in [3.8, 4) is 11.5 Å². The molecule has 0 amide bonds. The molecule has 0 aliphatic carbocycles. The molecule has 0 aliphatic heterocycles. The van der Waals surface area contributed by atoms with Crippen LogP contribution in [0.4, 0.5) is 0 Å². The van der Waals surface area contributed by atoms with Gasteiger partial charge in [0.15, 0.2) is 0 Å². The van der Waals surface area contributed by atoms with Gasteiger partial charge >= 0.3 is 5.97 Å². The van der Waals surface area contributed by atoms with Crippen LogP contribution in [-0.2, 0) is 6.61 Å². The fourth-order valence-corrected chi connectivity index (χ4v) is 1.69. The molecule has 102 valence electrons. The molecule has 2 aromatic rings. The van der Waals surface area contributed by atoms with Crippen LogP contribution in [0.3, 0.4) is 0 Å². The highest BCUT2D eigenvalue weighted by atomic mass is 16.5. The monoisotopic (exact) mass is 270 g/mol. The molecular weight excluding hydrogens is 256 g/mol.